The minimum Gasteiger partial charge on any atom is -0.438 e. The van der Waals surface area contributed by atoms with Crippen LogP contribution in [0, 0.1) is 17.7 Å². The molecule has 2 heterocycles. The second kappa shape index (κ2) is 15.4. The van der Waals surface area contributed by atoms with Gasteiger partial charge in [-0.25, -0.2) is 9.78 Å². The van der Waals surface area contributed by atoms with E-state index in [1.165, 1.54) is 5.30 Å². The van der Waals surface area contributed by atoms with Gasteiger partial charge in [-0.05, 0) is 67.5 Å². The number of aromatic nitrogens is 4. The molecule has 0 fully saturated rings. The molecule has 0 unspecified atom stereocenters. The molecule has 0 aliphatic rings. The first-order chi connectivity index (χ1) is 23.9. The molecule has 13 heteroatoms. The zero-order valence-electron chi connectivity index (χ0n) is 29.3. The minimum atomic E-state index is -0.457. The third-order valence-electron chi connectivity index (χ3n) is 7.99. The van der Waals surface area contributed by atoms with Gasteiger partial charge in [0.2, 0.25) is 11.8 Å². The lowest BCUT2D eigenvalue weighted by Gasteiger charge is -2.20. The van der Waals surface area contributed by atoms with Gasteiger partial charge in [-0.3, -0.25) is 10.4 Å². The largest absolute Gasteiger partial charge is 0.438 e. The van der Waals surface area contributed by atoms with Gasteiger partial charge in [0.1, 0.15) is 11.6 Å². The molecule has 2 aromatic heterocycles. The molecular weight excluding hydrogens is 661 g/mol. The summed E-state index contributed by atoms with van der Waals surface area (Å²) in [4.78, 5) is 22.4. The number of rotatable bonds is 10. The van der Waals surface area contributed by atoms with Crippen molar-refractivity contribution in [3.05, 3.63) is 109 Å². The van der Waals surface area contributed by atoms with Crippen molar-refractivity contribution in [2.45, 2.75) is 27.7 Å². The van der Waals surface area contributed by atoms with E-state index >= 15 is 0 Å². The van der Waals surface area contributed by atoms with Gasteiger partial charge < -0.3 is 31.6 Å². The highest BCUT2D eigenvalue weighted by molar-refractivity contribution is 7.64. The number of anilines is 4. The Bertz CT molecular complexity index is 2250. The third-order valence-corrected chi connectivity index (χ3v) is 9.32. The fraction of sp³-hybridized carbons (Fsp3) is 0.184. The highest BCUT2D eigenvalue weighted by atomic mass is 31.1. The number of nitrogens with zero attached hydrogens (tertiary/aromatic N) is 3. The number of hydrogen-bond donors (Lipinski definition) is 6. The second-order valence-electron chi connectivity index (χ2n) is 13.1. The van der Waals surface area contributed by atoms with Crippen LogP contribution in [0.15, 0.2) is 103 Å². The summed E-state index contributed by atoms with van der Waals surface area (Å²) < 4.78 is 6.27. The van der Waals surface area contributed by atoms with Crippen molar-refractivity contribution < 1.29 is 20.7 Å². The lowest BCUT2D eigenvalue weighted by atomic mass is 9.90. The summed E-state index contributed by atoms with van der Waals surface area (Å²) >= 11 is 0. The molecule has 6 rings (SSSR count). The van der Waals surface area contributed by atoms with E-state index in [2.05, 4.69) is 66.9 Å². The van der Waals surface area contributed by atoms with Gasteiger partial charge in [0.25, 0.3) is 0 Å². The Hall–Kier alpha value is -5.84. The van der Waals surface area contributed by atoms with Crippen LogP contribution in [-0.2, 0) is 0 Å². The summed E-state index contributed by atoms with van der Waals surface area (Å²) in [6, 6.07) is 24.6. The zero-order valence-corrected chi connectivity index (χ0v) is 30.2. The van der Waals surface area contributed by atoms with Crippen LogP contribution in [0.2, 0.25) is 0 Å². The quantitative estimate of drug-likeness (QED) is 0.0605. The highest BCUT2D eigenvalue weighted by Gasteiger charge is 2.18. The van der Waals surface area contributed by atoms with Gasteiger partial charge in [0, 0.05) is 62.7 Å². The number of amides is 2. The molecule has 0 spiro atoms. The van der Waals surface area contributed by atoms with E-state index in [0.29, 0.717) is 34.8 Å². The predicted octanol–water partition coefficient (Wildman–Crippen LogP) is 9.02. The van der Waals surface area contributed by atoms with Crippen LogP contribution in [0.25, 0.3) is 21.7 Å². The Morgan fingerprint density at radius 1 is 0.961 bits per heavy atom. The smallest absolute Gasteiger partial charge is 0.324 e. The fourth-order valence-electron chi connectivity index (χ4n) is 5.22. The average molecular weight is 712 g/mol. The van der Waals surface area contributed by atoms with Crippen molar-refractivity contribution in [1.82, 2.24) is 25.5 Å². The molecule has 0 aliphatic carbocycles. The van der Waals surface area contributed by atoms with Gasteiger partial charge in [0.05, 0.1) is 17.4 Å². The first-order valence-corrected chi connectivity index (χ1v) is 18.3. The molecule has 8 N–H and O–H groups in total. The lowest BCUT2D eigenvalue weighted by Crippen LogP contribution is -2.32. The number of aryl methyl sites for hydroxylation is 1. The number of fused-ring (bicyclic) bond motifs is 2. The van der Waals surface area contributed by atoms with Crippen molar-refractivity contribution >= 4 is 69.7 Å². The van der Waals surface area contributed by atoms with E-state index in [4.69, 9.17) is 10.1 Å². The summed E-state index contributed by atoms with van der Waals surface area (Å²) in [5.41, 5.74) is 4.23. The first kappa shape index (κ1) is 36.4. The number of urea groups is 1. The highest BCUT2D eigenvalue weighted by Crippen LogP contribution is 2.34. The normalized spacial score (nSPS) is 11.6. The number of carbonyl (C=O) groups excluding carboxylic acids is 1. The van der Waals surface area contributed by atoms with E-state index in [9.17, 15) is 4.79 Å². The molecule has 6 aromatic rings. The van der Waals surface area contributed by atoms with E-state index in [0.717, 1.165) is 38.6 Å². The Morgan fingerprint density at radius 3 is 2.43 bits per heavy atom. The number of hydrogen-bond acceptors (Lipinski definition) is 8. The second-order valence-corrected chi connectivity index (χ2v) is 15.4. The molecule has 0 bridgehead atoms. The SMILES string of the molecule is Cc1cc(Nc2nccc(Oc3ccc(NC(=O)N/C(=C/C(=N)C(C)(C)C)Nc4ccc(P(C)C)cc4)c4ccccc34)n2)cc2cn[nH]c12.O.[HH].[HH].[HH].[HH]. The molecule has 12 nitrogen and oxygen atoms in total. The Morgan fingerprint density at radius 2 is 1.71 bits per heavy atom. The van der Waals surface area contributed by atoms with Crippen LogP contribution in [0.5, 0.6) is 11.6 Å². The van der Waals surface area contributed by atoms with Crippen molar-refractivity contribution in [3.8, 4) is 11.6 Å². The predicted molar refractivity (Wildman–Crippen MR) is 218 cm³/mol. The standard InChI is InChI=1S/C38H40N9O2P.H2O.4H2/c1-23-19-26(20-24-22-41-47-35(23)24)43-36-40-18-17-34(46-36)49-31-16-15-30(28-9-7-8-10-29(28)31)44-37(48)45-33(21-32(39)38(2,3)4)42-25-11-13-27(14-12-25)50(5)6;;;;;/h7-22,39,42H,1-6H3,(H,41,47)(H,40,43,46)(H2,44,45,48);1H2;4*1H/b33-21+,39-32?;;;;;. The summed E-state index contributed by atoms with van der Waals surface area (Å²) in [6.07, 6.45) is 5.06. The number of H-pyrrole nitrogens is 1. The molecule has 0 saturated carbocycles. The van der Waals surface area contributed by atoms with E-state index in [1.54, 1.807) is 36.7 Å². The van der Waals surface area contributed by atoms with Gasteiger partial charge in [-0.2, -0.15) is 10.1 Å². The zero-order chi connectivity index (χ0) is 35.4. The maximum atomic E-state index is 13.4. The van der Waals surface area contributed by atoms with Crippen LogP contribution in [0.1, 0.15) is 32.0 Å². The molecule has 0 saturated heterocycles. The summed E-state index contributed by atoms with van der Waals surface area (Å²) in [7, 11) is -0.225. The van der Waals surface area contributed by atoms with Gasteiger partial charge in [-0.15, -0.1) is 0 Å². The number of allylic oxidation sites excluding steroid dienone is 1. The Labute approximate surface area is 303 Å². The fourth-order valence-corrected chi connectivity index (χ4v) is 5.96. The van der Waals surface area contributed by atoms with Crippen LogP contribution in [0.4, 0.5) is 27.8 Å². The van der Waals surface area contributed by atoms with Gasteiger partial charge >= 0.3 is 6.03 Å². The molecule has 4 aromatic carbocycles. The van der Waals surface area contributed by atoms with E-state index in [-0.39, 0.29) is 19.1 Å². The van der Waals surface area contributed by atoms with Gasteiger partial charge in [0.15, 0.2) is 0 Å². The third kappa shape index (κ3) is 8.85. The van der Waals surface area contributed by atoms with Crippen molar-refractivity contribution in [3.63, 3.8) is 0 Å². The number of nitrogens with one attached hydrogen (secondary N) is 6. The van der Waals surface area contributed by atoms with Crippen LogP contribution in [0.3, 0.4) is 0 Å². The van der Waals surface area contributed by atoms with Crippen molar-refractivity contribution in [1.29, 1.82) is 5.41 Å². The maximum absolute atomic E-state index is 13.4. The number of aromatic amines is 1. The Balaban J connectivity index is 0.00000302. The first-order valence-electron chi connectivity index (χ1n) is 16.1. The molecule has 270 valence electrons. The monoisotopic (exact) mass is 711 g/mol. The summed E-state index contributed by atoms with van der Waals surface area (Å²) in [5, 5.41) is 32.0. The molecular formula is C38H50N9O3P. The number of ether oxygens (including phenoxy) is 1. The number of carbonyl (C=O) groups is 1. The minimum absolute atomic E-state index is 0. The summed E-state index contributed by atoms with van der Waals surface area (Å²) in [6.45, 7) is 12.3. The molecule has 0 aliphatic heterocycles. The van der Waals surface area contributed by atoms with Crippen molar-refractivity contribution in [2.24, 2.45) is 5.41 Å². The average Bonchev–Trinajstić information content (AvgIpc) is 3.55. The lowest BCUT2D eigenvalue weighted by molar-refractivity contribution is 0.254. The molecule has 2 amide bonds. The van der Waals surface area contributed by atoms with Crippen LogP contribution < -0.4 is 31.3 Å². The number of benzene rings is 4. The van der Waals surface area contributed by atoms with Gasteiger partial charge in [-0.1, -0.05) is 65.1 Å². The topological polar surface area (TPSA) is 184 Å². The van der Waals surface area contributed by atoms with Crippen LogP contribution in [-0.4, -0.2) is 50.7 Å². The molecule has 51 heavy (non-hydrogen) atoms. The molecule has 0 atom stereocenters. The van der Waals surface area contributed by atoms with E-state index in [1.807, 2.05) is 76.2 Å². The maximum Gasteiger partial charge on any atom is 0.324 e. The van der Waals surface area contributed by atoms with E-state index < -0.39 is 11.4 Å². The van der Waals surface area contributed by atoms with Crippen LogP contribution >= 0.6 is 7.92 Å². The molecule has 0 radical (unpaired) electrons. The Kier molecular flexibility index (Phi) is 11.0. The summed E-state index contributed by atoms with van der Waals surface area (Å²) in [5.74, 6) is 1.70. The van der Waals surface area contributed by atoms with Crippen molar-refractivity contribution in [2.75, 3.05) is 29.3 Å².